The summed E-state index contributed by atoms with van der Waals surface area (Å²) in [5.41, 5.74) is 0.763. The Bertz CT molecular complexity index is 442. The molecule has 1 atom stereocenters. The normalized spacial score (nSPS) is 12.4. The number of nitrogens with zero attached hydrogens (tertiary/aromatic N) is 1. The Kier molecular flexibility index (Phi) is 3.54. The summed E-state index contributed by atoms with van der Waals surface area (Å²) in [6, 6.07) is 7.49. The Morgan fingerprint density at radius 1 is 1.44 bits per heavy atom. The first-order valence-electron chi connectivity index (χ1n) is 5.12. The lowest BCUT2D eigenvalue weighted by Gasteiger charge is -2.13. The molecule has 2 rings (SSSR count). The third-order valence-electron chi connectivity index (χ3n) is 2.20. The van der Waals surface area contributed by atoms with Crippen LogP contribution in [0.2, 0.25) is 0 Å². The second-order valence-corrected chi connectivity index (χ2v) is 4.17. The van der Waals surface area contributed by atoms with Crippen LogP contribution in [0.15, 0.2) is 35.8 Å². The van der Waals surface area contributed by atoms with Crippen molar-refractivity contribution in [2.24, 2.45) is 0 Å². The summed E-state index contributed by atoms with van der Waals surface area (Å²) in [5, 5.41) is 12.7. The number of benzene rings is 1. The first-order valence-corrected chi connectivity index (χ1v) is 6.00. The van der Waals surface area contributed by atoms with Crippen LogP contribution in [0.3, 0.4) is 0 Å². The van der Waals surface area contributed by atoms with Crippen LogP contribution in [-0.4, -0.2) is 16.7 Å². The molecule has 0 spiro atoms. The number of hydrogen-bond donors (Lipinski definition) is 1. The highest BCUT2D eigenvalue weighted by Gasteiger charge is 2.16. The van der Waals surface area contributed by atoms with E-state index in [4.69, 9.17) is 4.74 Å². The molecule has 0 saturated heterocycles. The van der Waals surface area contributed by atoms with Gasteiger partial charge < -0.3 is 9.84 Å². The number of aliphatic hydroxyl groups excluding tert-OH is 1. The Balaban J connectivity index is 2.32. The summed E-state index contributed by atoms with van der Waals surface area (Å²) in [7, 11) is 0. The maximum atomic E-state index is 10.2. The Hall–Kier alpha value is -1.39. The second kappa shape index (κ2) is 5.09. The Morgan fingerprint density at radius 2 is 2.25 bits per heavy atom. The zero-order chi connectivity index (χ0) is 11.4. The largest absolute Gasteiger partial charge is 0.493 e. The minimum Gasteiger partial charge on any atom is -0.493 e. The van der Waals surface area contributed by atoms with Crippen molar-refractivity contribution < 1.29 is 9.84 Å². The Morgan fingerprint density at radius 3 is 2.94 bits per heavy atom. The molecule has 1 aromatic carbocycles. The van der Waals surface area contributed by atoms with Crippen LogP contribution in [0.1, 0.15) is 23.6 Å². The summed E-state index contributed by atoms with van der Waals surface area (Å²) in [4.78, 5) is 4.11. The van der Waals surface area contributed by atoms with E-state index in [-0.39, 0.29) is 0 Å². The van der Waals surface area contributed by atoms with E-state index >= 15 is 0 Å². The molecule has 0 fully saturated rings. The van der Waals surface area contributed by atoms with Crippen molar-refractivity contribution in [3.05, 3.63) is 46.4 Å². The first-order chi connectivity index (χ1) is 7.83. The fourth-order valence-corrected chi connectivity index (χ4v) is 2.13. The molecule has 0 aliphatic rings. The molecular formula is C12H13NO2S. The highest BCUT2D eigenvalue weighted by atomic mass is 32.1. The lowest BCUT2D eigenvalue weighted by atomic mass is 10.1. The minimum absolute atomic E-state index is 0.585. The van der Waals surface area contributed by atoms with Crippen LogP contribution in [-0.2, 0) is 0 Å². The van der Waals surface area contributed by atoms with Gasteiger partial charge in [0.25, 0.3) is 0 Å². The summed E-state index contributed by atoms with van der Waals surface area (Å²) in [6.07, 6.45) is 0.981. The summed E-state index contributed by atoms with van der Waals surface area (Å²) >= 11 is 1.44. The quantitative estimate of drug-likeness (QED) is 0.885. The third-order valence-corrected chi connectivity index (χ3v) is 3.03. The lowest BCUT2D eigenvalue weighted by molar-refractivity contribution is 0.211. The highest BCUT2D eigenvalue weighted by molar-refractivity contribution is 7.09. The standard InChI is InChI=1S/C12H13NO2S/c1-2-15-10-6-4-3-5-9(10)11(14)12-13-7-8-16-12/h3-8,11,14H,2H2,1H3. The number of rotatable bonds is 4. The fraction of sp³-hybridized carbons (Fsp3) is 0.250. The van der Waals surface area contributed by atoms with Crippen LogP contribution in [0.5, 0.6) is 5.75 Å². The molecule has 2 aromatic rings. The van der Waals surface area contributed by atoms with Gasteiger partial charge >= 0.3 is 0 Å². The summed E-state index contributed by atoms with van der Waals surface area (Å²) < 4.78 is 5.47. The topological polar surface area (TPSA) is 42.4 Å². The molecule has 0 amide bonds. The monoisotopic (exact) mass is 235 g/mol. The average molecular weight is 235 g/mol. The SMILES string of the molecule is CCOc1ccccc1C(O)c1nccs1. The molecule has 84 valence electrons. The van der Waals surface area contributed by atoms with Gasteiger partial charge in [-0.1, -0.05) is 18.2 Å². The molecule has 3 nitrogen and oxygen atoms in total. The first kappa shape index (κ1) is 11.1. The highest BCUT2D eigenvalue weighted by Crippen LogP contribution is 2.30. The van der Waals surface area contributed by atoms with Gasteiger partial charge in [0.05, 0.1) is 6.61 Å². The molecule has 16 heavy (non-hydrogen) atoms. The fourth-order valence-electron chi connectivity index (χ4n) is 1.50. The van der Waals surface area contributed by atoms with Crippen molar-refractivity contribution in [2.75, 3.05) is 6.61 Å². The molecule has 0 saturated carbocycles. The van der Waals surface area contributed by atoms with E-state index in [1.807, 2.05) is 36.6 Å². The van der Waals surface area contributed by atoms with E-state index in [1.54, 1.807) is 6.20 Å². The van der Waals surface area contributed by atoms with Gasteiger partial charge in [0.2, 0.25) is 0 Å². The maximum Gasteiger partial charge on any atom is 0.134 e. The van der Waals surface area contributed by atoms with Crippen LogP contribution >= 0.6 is 11.3 Å². The van der Waals surface area contributed by atoms with Crippen molar-refractivity contribution in [3.63, 3.8) is 0 Å². The van der Waals surface area contributed by atoms with Gasteiger partial charge in [0, 0.05) is 17.1 Å². The second-order valence-electron chi connectivity index (χ2n) is 3.24. The van der Waals surface area contributed by atoms with Crippen LogP contribution < -0.4 is 4.74 Å². The zero-order valence-corrected chi connectivity index (χ0v) is 9.78. The van der Waals surface area contributed by atoms with Gasteiger partial charge in [-0.05, 0) is 13.0 Å². The van der Waals surface area contributed by atoms with Crippen molar-refractivity contribution in [1.82, 2.24) is 4.98 Å². The van der Waals surface area contributed by atoms with Gasteiger partial charge in [-0.25, -0.2) is 4.98 Å². The molecule has 4 heteroatoms. The number of ether oxygens (including phenoxy) is 1. The number of para-hydroxylation sites is 1. The summed E-state index contributed by atoms with van der Waals surface area (Å²) in [5.74, 6) is 0.715. The van der Waals surface area contributed by atoms with E-state index in [0.717, 1.165) is 5.56 Å². The zero-order valence-electron chi connectivity index (χ0n) is 8.96. The number of aliphatic hydroxyl groups is 1. The van der Waals surface area contributed by atoms with E-state index in [1.165, 1.54) is 11.3 Å². The molecule has 0 aliphatic carbocycles. The van der Waals surface area contributed by atoms with Crippen LogP contribution in [0, 0.1) is 0 Å². The smallest absolute Gasteiger partial charge is 0.134 e. The number of aromatic nitrogens is 1. The molecule has 0 radical (unpaired) electrons. The van der Waals surface area contributed by atoms with E-state index in [9.17, 15) is 5.11 Å². The van der Waals surface area contributed by atoms with Crippen LogP contribution in [0.25, 0.3) is 0 Å². The Labute approximate surface area is 98.4 Å². The molecule has 1 aromatic heterocycles. The predicted molar refractivity (Wildman–Crippen MR) is 63.8 cm³/mol. The van der Waals surface area contributed by atoms with Crippen LogP contribution in [0.4, 0.5) is 0 Å². The number of hydrogen-bond acceptors (Lipinski definition) is 4. The lowest BCUT2D eigenvalue weighted by Crippen LogP contribution is -2.03. The number of thiazole rings is 1. The molecule has 1 heterocycles. The van der Waals surface area contributed by atoms with E-state index < -0.39 is 6.10 Å². The third kappa shape index (κ3) is 2.23. The van der Waals surface area contributed by atoms with E-state index in [2.05, 4.69) is 4.98 Å². The van der Waals surface area contributed by atoms with Crippen molar-refractivity contribution in [1.29, 1.82) is 0 Å². The molecular weight excluding hydrogens is 222 g/mol. The molecule has 1 N–H and O–H groups in total. The van der Waals surface area contributed by atoms with Gasteiger partial charge in [-0.2, -0.15) is 0 Å². The predicted octanol–water partition coefficient (Wildman–Crippen LogP) is 2.62. The minimum atomic E-state index is -0.706. The maximum absolute atomic E-state index is 10.2. The van der Waals surface area contributed by atoms with E-state index in [0.29, 0.717) is 17.4 Å². The molecule has 0 bridgehead atoms. The molecule has 1 unspecified atom stereocenters. The van der Waals surface area contributed by atoms with Gasteiger partial charge in [-0.3, -0.25) is 0 Å². The molecule has 0 aliphatic heterocycles. The van der Waals surface area contributed by atoms with Gasteiger partial charge in [0.15, 0.2) is 0 Å². The van der Waals surface area contributed by atoms with Crippen molar-refractivity contribution in [2.45, 2.75) is 13.0 Å². The van der Waals surface area contributed by atoms with Gasteiger partial charge in [0.1, 0.15) is 16.9 Å². The van der Waals surface area contributed by atoms with Gasteiger partial charge in [-0.15, -0.1) is 11.3 Å². The van der Waals surface area contributed by atoms with Crippen molar-refractivity contribution in [3.8, 4) is 5.75 Å². The average Bonchev–Trinajstić information content (AvgIpc) is 2.83. The van der Waals surface area contributed by atoms with Crippen molar-refractivity contribution >= 4 is 11.3 Å². The summed E-state index contributed by atoms with van der Waals surface area (Å²) in [6.45, 7) is 2.51.